The number of nitrogens with one attached hydrogen (secondary N) is 1. The van der Waals surface area contributed by atoms with Gasteiger partial charge < -0.3 is 19.3 Å². The van der Waals surface area contributed by atoms with Crippen LogP contribution in [0, 0.1) is 28.9 Å². The Labute approximate surface area is 257 Å². The van der Waals surface area contributed by atoms with Gasteiger partial charge in [0, 0.05) is 41.7 Å². The molecule has 1 aromatic carbocycles. The maximum Gasteiger partial charge on any atom is 0.412 e. The molecule has 0 spiro atoms. The summed E-state index contributed by atoms with van der Waals surface area (Å²) in [5.74, 6) is -0.496. The number of aromatic nitrogens is 3. The molecule has 2 aliphatic rings. The van der Waals surface area contributed by atoms with Crippen LogP contribution in [0.1, 0.15) is 50.8 Å². The number of rotatable bonds is 5. The van der Waals surface area contributed by atoms with E-state index in [1.54, 1.807) is 27.0 Å². The van der Waals surface area contributed by atoms with E-state index in [9.17, 15) is 10.1 Å². The summed E-state index contributed by atoms with van der Waals surface area (Å²) in [6.45, 7) is 9.25. The van der Waals surface area contributed by atoms with E-state index in [1.807, 2.05) is 14.1 Å². The third-order valence-corrected chi connectivity index (χ3v) is 9.20. The molecule has 10 nitrogen and oxygen atoms in total. The van der Waals surface area contributed by atoms with E-state index in [2.05, 4.69) is 38.1 Å². The first-order valence-electron chi connectivity index (χ1n) is 14.4. The van der Waals surface area contributed by atoms with Crippen molar-refractivity contribution in [2.24, 2.45) is 5.92 Å². The zero-order chi connectivity index (χ0) is 31.5. The molecule has 4 aromatic rings. The zero-order valence-corrected chi connectivity index (χ0v) is 26.2. The number of fused-ring (bicyclic) bond motifs is 4. The van der Waals surface area contributed by atoms with Crippen LogP contribution in [0.5, 0.6) is 0 Å². The fraction of sp³-hybridized carbons (Fsp3) is 0.452. The molecule has 2 unspecified atom stereocenters. The second kappa shape index (κ2) is 11.2. The van der Waals surface area contributed by atoms with Crippen molar-refractivity contribution < 1.29 is 23.0 Å². The van der Waals surface area contributed by atoms with Gasteiger partial charge in [0.2, 0.25) is 5.95 Å². The number of hydrogen-bond donors (Lipinski definition) is 1. The highest BCUT2D eigenvalue weighted by molar-refractivity contribution is 7.23. The number of pyridine rings is 1. The number of nitriles is 1. The zero-order valence-electron chi connectivity index (χ0n) is 25.4. The van der Waals surface area contributed by atoms with E-state index in [-0.39, 0.29) is 56.7 Å². The SMILES string of the molecule is CC1C(CN(C)C)CCN1c1ncc2c3c(c(-c4ncc(F)c5sc(NC(=O)OC(C)(C)C)c(C#N)c45)c(F)c2n1)COC3. The van der Waals surface area contributed by atoms with Crippen molar-refractivity contribution in [3.8, 4) is 17.3 Å². The summed E-state index contributed by atoms with van der Waals surface area (Å²) >= 11 is 0.866. The normalized spacial score (nSPS) is 18.3. The first kappa shape index (κ1) is 30.1. The summed E-state index contributed by atoms with van der Waals surface area (Å²) in [5.41, 5.74) is 0.725. The highest BCUT2D eigenvalue weighted by Gasteiger charge is 2.34. The molecule has 1 fully saturated rings. The Hall–Kier alpha value is -3.99. The van der Waals surface area contributed by atoms with Crippen LogP contribution < -0.4 is 10.2 Å². The topological polar surface area (TPSA) is 116 Å². The van der Waals surface area contributed by atoms with Gasteiger partial charge in [-0.2, -0.15) is 5.26 Å². The van der Waals surface area contributed by atoms with Crippen molar-refractivity contribution in [2.45, 2.75) is 59.0 Å². The highest BCUT2D eigenvalue weighted by Crippen LogP contribution is 2.46. The smallest absolute Gasteiger partial charge is 0.412 e. The fourth-order valence-electron chi connectivity index (χ4n) is 6.14. The number of benzene rings is 1. The molecule has 2 aliphatic heterocycles. The van der Waals surface area contributed by atoms with Crippen molar-refractivity contribution in [3.63, 3.8) is 0 Å². The minimum Gasteiger partial charge on any atom is -0.444 e. The van der Waals surface area contributed by atoms with Crippen LogP contribution in [0.3, 0.4) is 0 Å². The van der Waals surface area contributed by atoms with Crippen molar-refractivity contribution >= 4 is 49.4 Å². The Morgan fingerprint density at radius 2 is 2.00 bits per heavy atom. The number of thiophene rings is 1. The molecule has 44 heavy (non-hydrogen) atoms. The van der Waals surface area contributed by atoms with Gasteiger partial charge in [0.25, 0.3) is 0 Å². The Balaban J connectivity index is 1.51. The first-order chi connectivity index (χ1) is 20.9. The lowest BCUT2D eigenvalue weighted by atomic mass is 9.94. The maximum absolute atomic E-state index is 16.8. The minimum absolute atomic E-state index is 0.0359. The summed E-state index contributed by atoms with van der Waals surface area (Å²) in [7, 11) is 4.09. The molecule has 230 valence electrons. The van der Waals surface area contributed by atoms with E-state index in [0.717, 1.165) is 42.6 Å². The molecular weight excluding hydrogens is 588 g/mol. The molecule has 1 amide bonds. The second-order valence-electron chi connectivity index (χ2n) is 12.5. The van der Waals surface area contributed by atoms with Crippen LogP contribution >= 0.6 is 11.3 Å². The molecule has 1 N–H and O–H groups in total. The van der Waals surface area contributed by atoms with Gasteiger partial charge in [0.05, 0.1) is 35.4 Å². The Morgan fingerprint density at radius 3 is 2.70 bits per heavy atom. The van der Waals surface area contributed by atoms with Gasteiger partial charge in [0.1, 0.15) is 22.2 Å². The molecule has 0 aliphatic carbocycles. The lowest BCUT2D eigenvalue weighted by Gasteiger charge is -2.26. The fourth-order valence-corrected chi connectivity index (χ4v) is 7.18. The van der Waals surface area contributed by atoms with Gasteiger partial charge in [-0.05, 0) is 65.3 Å². The number of carbonyl (C=O) groups is 1. The van der Waals surface area contributed by atoms with Crippen LogP contribution in [0.25, 0.3) is 32.2 Å². The molecule has 0 radical (unpaired) electrons. The highest BCUT2D eigenvalue weighted by atomic mass is 32.1. The number of ether oxygens (including phenoxy) is 2. The average Bonchev–Trinajstić information content (AvgIpc) is 3.66. The molecule has 13 heteroatoms. The van der Waals surface area contributed by atoms with Gasteiger partial charge >= 0.3 is 6.09 Å². The standard InChI is InChI=1S/C31H33F2N7O3S/c1-15-16(12-39(5)6)7-8-40(15)29-36-10-18-19-13-42-14-20(19)22(24(33)25(18)37-29)26-23-17(9-34)28(38-30(41)43-31(2,3)4)44-27(23)21(32)11-35-26/h10-11,15-16H,7-8,12-14H2,1-6H3,(H,38,41). The Kier molecular flexibility index (Phi) is 7.63. The van der Waals surface area contributed by atoms with Crippen LogP contribution in [0.2, 0.25) is 0 Å². The van der Waals surface area contributed by atoms with Gasteiger partial charge in [-0.3, -0.25) is 10.3 Å². The summed E-state index contributed by atoms with van der Waals surface area (Å²) in [5, 5.41) is 13.5. The number of nitrogens with zero attached hydrogens (tertiary/aromatic N) is 6. The van der Waals surface area contributed by atoms with Gasteiger partial charge in [0.15, 0.2) is 11.6 Å². The van der Waals surface area contributed by atoms with E-state index in [1.165, 1.54) is 0 Å². The minimum atomic E-state index is -0.796. The largest absolute Gasteiger partial charge is 0.444 e. The molecular formula is C31H33F2N7O3S. The molecule has 6 rings (SSSR count). The quantitative estimate of drug-likeness (QED) is 0.278. The monoisotopic (exact) mass is 621 g/mol. The summed E-state index contributed by atoms with van der Waals surface area (Å²) in [6.07, 6.45) is 2.82. The predicted molar refractivity (Wildman–Crippen MR) is 165 cm³/mol. The van der Waals surface area contributed by atoms with Crippen molar-refractivity contribution in [1.29, 1.82) is 5.26 Å². The van der Waals surface area contributed by atoms with Gasteiger partial charge in [-0.25, -0.2) is 23.5 Å². The second-order valence-corrected chi connectivity index (χ2v) is 13.5. The number of hydrogen-bond acceptors (Lipinski definition) is 10. The van der Waals surface area contributed by atoms with Gasteiger partial charge in [-0.1, -0.05) is 0 Å². The molecule has 1 saturated heterocycles. The molecule has 2 atom stereocenters. The lowest BCUT2D eigenvalue weighted by molar-refractivity contribution is 0.0636. The number of carbonyl (C=O) groups excluding carboxylic acids is 1. The van der Waals surface area contributed by atoms with Crippen LogP contribution in [0.4, 0.5) is 24.5 Å². The Morgan fingerprint density at radius 1 is 1.25 bits per heavy atom. The third-order valence-electron chi connectivity index (χ3n) is 8.09. The average molecular weight is 622 g/mol. The maximum atomic E-state index is 16.8. The molecule has 0 saturated carbocycles. The van der Waals surface area contributed by atoms with Crippen molar-refractivity contribution in [3.05, 3.63) is 40.7 Å². The number of halogens is 2. The van der Waals surface area contributed by atoms with E-state index < -0.39 is 23.3 Å². The van der Waals surface area contributed by atoms with Crippen molar-refractivity contribution in [1.82, 2.24) is 19.9 Å². The summed E-state index contributed by atoms with van der Waals surface area (Å²) in [6, 6.07) is 2.22. The molecule has 5 heterocycles. The summed E-state index contributed by atoms with van der Waals surface area (Å²) in [4.78, 5) is 30.5. The van der Waals surface area contributed by atoms with Crippen LogP contribution in [-0.2, 0) is 22.7 Å². The van der Waals surface area contributed by atoms with Crippen molar-refractivity contribution in [2.75, 3.05) is 37.4 Å². The van der Waals surface area contributed by atoms with Crippen LogP contribution in [-0.4, -0.2) is 64.8 Å². The number of amides is 1. The number of anilines is 2. The van der Waals surface area contributed by atoms with Crippen LogP contribution in [0.15, 0.2) is 12.4 Å². The molecule has 0 bridgehead atoms. The van der Waals surface area contributed by atoms with E-state index in [0.29, 0.717) is 22.8 Å². The Bertz CT molecular complexity index is 1850. The van der Waals surface area contributed by atoms with E-state index in [4.69, 9.17) is 14.5 Å². The predicted octanol–water partition coefficient (Wildman–Crippen LogP) is 6.21. The first-order valence-corrected chi connectivity index (χ1v) is 15.2. The lowest BCUT2D eigenvalue weighted by Crippen LogP contribution is -2.35. The van der Waals surface area contributed by atoms with Gasteiger partial charge in [-0.15, -0.1) is 11.3 Å². The third kappa shape index (κ3) is 5.21. The molecule has 3 aromatic heterocycles. The summed E-state index contributed by atoms with van der Waals surface area (Å²) < 4.78 is 43.1. The van der Waals surface area contributed by atoms with E-state index >= 15 is 8.78 Å².